The number of unbranched alkanes of at least 4 members (excludes halogenated alkanes) is 24. The van der Waals surface area contributed by atoms with Gasteiger partial charge in [0.05, 0.1) is 0 Å². The van der Waals surface area contributed by atoms with Gasteiger partial charge in [0.2, 0.25) is 0 Å². The number of hydrogen-bond acceptors (Lipinski definition) is 6. The second-order valence-electron chi connectivity index (χ2n) is 19.5. The van der Waals surface area contributed by atoms with E-state index < -0.39 is 6.10 Å². The molecule has 0 radical (unpaired) electrons. The predicted octanol–water partition coefficient (Wildman–Crippen LogP) is 20.3. The van der Waals surface area contributed by atoms with E-state index in [1.165, 1.54) is 96.3 Å². The van der Waals surface area contributed by atoms with Crippen molar-refractivity contribution < 1.29 is 28.6 Å². The Hall–Kier alpha value is -3.93. The number of carbonyl (C=O) groups is 3. The van der Waals surface area contributed by atoms with E-state index in [9.17, 15) is 14.4 Å². The number of esters is 3. The zero-order chi connectivity index (χ0) is 52.2. The summed E-state index contributed by atoms with van der Waals surface area (Å²) in [6.45, 7) is 6.47. The summed E-state index contributed by atoms with van der Waals surface area (Å²) >= 11 is 0. The van der Waals surface area contributed by atoms with Gasteiger partial charge in [0.25, 0.3) is 0 Å². The van der Waals surface area contributed by atoms with Gasteiger partial charge in [-0.25, -0.2) is 0 Å². The molecule has 0 saturated carbocycles. The van der Waals surface area contributed by atoms with Crippen molar-refractivity contribution in [1.29, 1.82) is 0 Å². The van der Waals surface area contributed by atoms with Crippen LogP contribution in [-0.2, 0) is 28.6 Å². The lowest BCUT2D eigenvalue weighted by atomic mass is 10.0. The molecule has 0 fully saturated rings. The van der Waals surface area contributed by atoms with Gasteiger partial charge in [0.15, 0.2) is 6.10 Å². The van der Waals surface area contributed by atoms with E-state index in [1.54, 1.807) is 0 Å². The highest BCUT2D eigenvalue weighted by Crippen LogP contribution is 2.15. The fourth-order valence-corrected chi connectivity index (χ4v) is 8.04. The average Bonchev–Trinajstić information content (AvgIpc) is 3.38. The molecule has 0 aromatic heterocycles. The van der Waals surface area contributed by atoms with Crippen LogP contribution < -0.4 is 0 Å². The summed E-state index contributed by atoms with van der Waals surface area (Å²) in [5.74, 6) is -0.927. The second kappa shape index (κ2) is 59.6. The Bertz CT molecular complexity index is 1470. The Morgan fingerprint density at radius 2 is 0.542 bits per heavy atom. The first kappa shape index (κ1) is 68.1. The highest BCUT2D eigenvalue weighted by molar-refractivity contribution is 5.71. The van der Waals surface area contributed by atoms with Gasteiger partial charge >= 0.3 is 17.9 Å². The van der Waals surface area contributed by atoms with Crippen LogP contribution in [0, 0.1) is 0 Å². The Morgan fingerprint density at radius 3 is 0.875 bits per heavy atom. The van der Waals surface area contributed by atoms with E-state index in [0.29, 0.717) is 19.3 Å². The van der Waals surface area contributed by atoms with Gasteiger partial charge in [-0.05, 0) is 109 Å². The van der Waals surface area contributed by atoms with Crippen molar-refractivity contribution in [1.82, 2.24) is 0 Å². The zero-order valence-electron chi connectivity index (χ0n) is 46.9. The fraction of sp³-hybridized carbons (Fsp3) is 0.682. The van der Waals surface area contributed by atoms with Crippen LogP contribution in [0.15, 0.2) is 109 Å². The van der Waals surface area contributed by atoms with Crippen LogP contribution in [0.4, 0.5) is 0 Å². The van der Waals surface area contributed by atoms with Crippen molar-refractivity contribution in [3.63, 3.8) is 0 Å². The molecule has 0 saturated heterocycles. The molecule has 410 valence electrons. The summed E-state index contributed by atoms with van der Waals surface area (Å²) in [6.07, 6.45) is 80.7. The minimum atomic E-state index is -0.797. The Balaban J connectivity index is 4.43. The van der Waals surface area contributed by atoms with Crippen LogP contribution in [-0.4, -0.2) is 37.2 Å². The molecule has 0 N–H and O–H groups in total. The normalized spacial score (nSPS) is 12.9. The number of rotatable bonds is 53. The first-order valence-corrected chi connectivity index (χ1v) is 29.9. The monoisotopic (exact) mass is 999 g/mol. The van der Waals surface area contributed by atoms with E-state index in [2.05, 4.69) is 130 Å². The minimum Gasteiger partial charge on any atom is -0.462 e. The Morgan fingerprint density at radius 1 is 0.292 bits per heavy atom. The Labute approximate surface area is 444 Å². The van der Waals surface area contributed by atoms with Crippen LogP contribution in [0.2, 0.25) is 0 Å². The molecule has 0 bridgehead atoms. The van der Waals surface area contributed by atoms with Crippen molar-refractivity contribution in [2.24, 2.45) is 0 Å². The largest absolute Gasteiger partial charge is 0.462 e. The summed E-state index contributed by atoms with van der Waals surface area (Å²) in [5, 5.41) is 0. The van der Waals surface area contributed by atoms with Gasteiger partial charge in [0.1, 0.15) is 13.2 Å². The summed E-state index contributed by atoms with van der Waals surface area (Å²) in [7, 11) is 0. The zero-order valence-corrected chi connectivity index (χ0v) is 46.9. The summed E-state index contributed by atoms with van der Waals surface area (Å²) in [6, 6.07) is 0. The highest BCUT2D eigenvalue weighted by Gasteiger charge is 2.19. The number of allylic oxidation sites excluding steroid dienone is 18. The molecular weight excluding hydrogens is 889 g/mol. The second-order valence-corrected chi connectivity index (χ2v) is 19.5. The van der Waals surface area contributed by atoms with Crippen molar-refractivity contribution in [2.75, 3.05) is 13.2 Å². The fourth-order valence-electron chi connectivity index (χ4n) is 8.04. The van der Waals surface area contributed by atoms with Gasteiger partial charge in [0, 0.05) is 19.3 Å². The summed E-state index contributed by atoms with van der Waals surface area (Å²) in [4.78, 5) is 38.2. The third-order valence-corrected chi connectivity index (χ3v) is 12.5. The van der Waals surface area contributed by atoms with Crippen molar-refractivity contribution in [3.05, 3.63) is 109 Å². The van der Waals surface area contributed by atoms with Crippen LogP contribution in [0.25, 0.3) is 0 Å². The summed E-state index contributed by atoms with van der Waals surface area (Å²) < 4.78 is 16.9. The molecule has 6 nitrogen and oxygen atoms in total. The third kappa shape index (κ3) is 57.0. The molecule has 0 aliphatic rings. The first-order chi connectivity index (χ1) is 35.5. The number of hydrogen-bond donors (Lipinski definition) is 0. The molecule has 0 aromatic rings. The lowest BCUT2D eigenvalue weighted by Crippen LogP contribution is -2.30. The van der Waals surface area contributed by atoms with Gasteiger partial charge in [-0.15, -0.1) is 0 Å². The van der Waals surface area contributed by atoms with E-state index in [4.69, 9.17) is 14.2 Å². The number of carbonyl (C=O) groups excluding carboxylic acids is 3. The van der Waals surface area contributed by atoms with Gasteiger partial charge < -0.3 is 14.2 Å². The van der Waals surface area contributed by atoms with E-state index in [0.717, 1.165) is 135 Å². The quantitative estimate of drug-likeness (QED) is 0.0261. The molecule has 1 atom stereocenters. The molecule has 0 heterocycles. The molecule has 6 heteroatoms. The van der Waals surface area contributed by atoms with Crippen LogP contribution in [0.5, 0.6) is 0 Å². The average molecular weight is 1000 g/mol. The lowest BCUT2D eigenvalue weighted by Gasteiger charge is -2.18. The predicted molar refractivity (Wildman–Crippen MR) is 311 cm³/mol. The maximum atomic E-state index is 12.9. The maximum Gasteiger partial charge on any atom is 0.306 e. The standard InChI is InChI=1S/C66H110O6/c1-4-7-10-13-16-19-22-25-27-29-31-32-33-34-36-37-39-41-44-47-50-53-56-59-65(68)71-62-63(61-70-64(67)58-55-52-49-46-43-24-21-18-15-12-9-6-3)72-66(69)60-57-54-51-48-45-42-40-38-35-30-28-26-23-20-17-14-11-8-5-2/h7,10,16-17,19-20,25-28,31-32,34-36,38-39,41,63H,4-6,8-9,11-15,18,21-24,29-30,33,37,40,42-62H2,1-3H3/b10-7-,19-16-,20-17-,27-25-,28-26-,32-31-,36-34-,38-35-,41-39-. The molecule has 0 rings (SSSR count). The smallest absolute Gasteiger partial charge is 0.306 e. The van der Waals surface area contributed by atoms with Crippen LogP contribution >= 0.6 is 0 Å². The van der Waals surface area contributed by atoms with Gasteiger partial charge in [-0.1, -0.05) is 252 Å². The molecule has 0 aromatic carbocycles. The molecular formula is C66H110O6. The van der Waals surface area contributed by atoms with Crippen molar-refractivity contribution in [3.8, 4) is 0 Å². The molecule has 72 heavy (non-hydrogen) atoms. The highest BCUT2D eigenvalue weighted by atomic mass is 16.6. The van der Waals surface area contributed by atoms with Crippen molar-refractivity contribution in [2.45, 2.75) is 277 Å². The van der Waals surface area contributed by atoms with E-state index in [-0.39, 0.29) is 31.1 Å². The van der Waals surface area contributed by atoms with Gasteiger partial charge in [-0.3, -0.25) is 14.4 Å². The number of ether oxygens (including phenoxy) is 3. The van der Waals surface area contributed by atoms with Crippen LogP contribution in [0.3, 0.4) is 0 Å². The molecule has 0 aliphatic heterocycles. The first-order valence-electron chi connectivity index (χ1n) is 29.9. The van der Waals surface area contributed by atoms with Gasteiger partial charge in [-0.2, -0.15) is 0 Å². The lowest BCUT2D eigenvalue weighted by molar-refractivity contribution is -0.167. The molecule has 1 unspecified atom stereocenters. The minimum absolute atomic E-state index is 0.0913. The molecule has 0 aliphatic carbocycles. The van der Waals surface area contributed by atoms with E-state index >= 15 is 0 Å². The Kier molecular flexibility index (Phi) is 56.4. The van der Waals surface area contributed by atoms with E-state index in [1.807, 2.05) is 0 Å². The molecule has 0 amide bonds. The SMILES string of the molecule is CC/C=C\C/C=C\C/C=C\C/C=C\C/C=C\C/C=C\CCCCCCC(=O)OCC(COC(=O)CCCCCCCCCCCCCC)OC(=O)CCCCCCCC/C=C\C/C=C\C/C=C\CCCCC. The molecule has 0 spiro atoms. The summed E-state index contributed by atoms with van der Waals surface area (Å²) in [5.41, 5.74) is 0. The topological polar surface area (TPSA) is 78.9 Å². The van der Waals surface area contributed by atoms with Crippen molar-refractivity contribution >= 4 is 17.9 Å². The third-order valence-electron chi connectivity index (χ3n) is 12.5. The van der Waals surface area contributed by atoms with Crippen LogP contribution in [0.1, 0.15) is 271 Å². The maximum absolute atomic E-state index is 12.9.